The average Bonchev–Trinajstić information content (AvgIpc) is 3.33. The Morgan fingerprint density at radius 2 is 1.83 bits per heavy atom. The average molecular weight is 480 g/mol. The van der Waals surface area contributed by atoms with Crippen molar-refractivity contribution in [1.82, 2.24) is 29.6 Å². The van der Waals surface area contributed by atoms with Crippen LogP contribution in [0.2, 0.25) is 0 Å². The van der Waals surface area contributed by atoms with Crippen LogP contribution in [0.4, 0.5) is 10.3 Å². The van der Waals surface area contributed by atoms with Crippen LogP contribution in [-0.4, -0.2) is 68.8 Å². The molecule has 0 spiro atoms. The second-order valence-electron chi connectivity index (χ2n) is 9.05. The quantitative estimate of drug-likeness (QED) is 0.536. The second kappa shape index (κ2) is 10.4. The summed E-state index contributed by atoms with van der Waals surface area (Å²) >= 11 is 0. The molecule has 3 heterocycles. The molecule has 1 saturated heterocycles. The van der Waals surface area contributed by atoms with Gasteiger partial charge in [-0.1, -0.05) is 19.3 Å². The number of carbonyl (C=O) groups excluding carboxylic acids is 1. The lowest BCUT2D eigenvalue weighted by Crippen LogP contribution is -2.50. The molecule has 2 fully saturated rings. The topological polar surface area (TPSA) is 89.3 Å². The first-order valence-electron chi connectivity index (χ1n) is 12.2. The third kappa shape index (κ3) is 5.11. The van der Waals surface area contributed by atoms with Crippen LogP contribution in [0, 0.1) is 5.82 Å². The van der Waals surface area contributed by atoms with E-state index >= 15 is 0 Å². The summed E-state index contributed by atoms with van der Waals surface area (Å²) in [5, 5.41) is 4.62. The van der Waals surface area contributed by atoms with Gasteiger partial charge in [-0.25, -0.2) is 24.0 Å². The van der Waals surface area contributed by atoms with E-state index in [1.54, 1.807) is 35.3 Å². The van der Waals surface area contributed by atoms with Crippen molar-refractivity contribution in [2.24, 2.45) is 0 Å². The van der Waals surface area contributed by atoms with Gasteiger partial charge in [0.25, 0.3) is 0 Å². The van der Waals surface area contributed by atoms with Gasteiger partial charge in [-0.3, -0.25) is 4.79 Å². The minimum absolute atomic E-state index is 0.0117. The number of ether oxygens (including phenoxy) is 1. The Hall–Kier alpha value is -3.56. The van der Waals surface area contributed by atoms with E-state index in [9.17, 15) is 9.18 Å². The van der Waals surface area contributed by atoms with Crippen LogP contribution in [0.5, 0.6) is 5.75 Å². The predicted molar refractivity (Wildman–Crippen MR) is 129 cm³/mol. The van der Waals surface area contributed by atoms with E-state index < -0.39 is 5.82 Å². The minimum atomic E-state index is -0.442. The highest BCUT2D eigenvalue weighted by Gasteiger charge is 2.27. The lowest BCUT2D eigenvalue weighted by molar-refractivity contribution is -0.132. The molecule has 2 aromatic heterocycles. The summed E-state index contributed by atoms with van der Waals surface area (Å²) in [5.74, 6) is 1.98. The molecule has 184 valence electrons. The van der Waals surface area contributed by atoms with Gasteiger partial charge in [0, 0.05) is 50.6 Å². The lowest BCUT2D eigenvalue weighted by Gasteiger charge is -2.34. The van der Waals surface area contributed by atoms with Crippen molar-refractivity contribution in [3.05, 3.63) is 48.3 Å². The van der Waals surface area contributed by atoms with Gasteiger partial charge in [0.2, 0.25) is 11.9 Å². The van der Waals surface area contributed by atoms with Gasteiger partial charge in [-0.05, 0) is 31.0 Å². The number of amides is 1. The number of nitrogens with zero attached hydrogens (tertiary/aromatic N) is 7. The van der Waals surface area contributed by atoms with Crippen molar-refractivity contribution < 1.29 is 13.9 Å². The number of carbonyl (C=O) groups is 1. The molecule has 5 rings (SSSR count). The SMILES string of the molecule is COc1ccc(-c2nc(C3CCCCC3)n(CC(=O)N3CCN(c4ncccn4)CC3)n2)c(F)c1. The predicted octanol–water partition coefficient (Wildman–Crippen LogP) is 3.28. The molecular weight excluding hydrogens is 449 g/mol. The van der Waals surface area contributed by atoms with E-state index in [0.717, 1.165) is 31.5 Å². The fourth-order valence-electron chi connectivity index (χ4n) is 4.89. The highest BCUT2D eigenvalue weighted by molar-refractivity contribution is 5.76. The van der Waals surface area contributed by atoms with E-state index in [1.165, 1.54) is 19.6 Å². The Morgan fingerprint density at radius 1 is 1.09 bits per heavy atom. The van der Waals surface area contributed by atoms with E-state index in [2.05, 4.69) is 20.0 Å². The maximum Gasteiger partial charge on any atom is 0.244 e. The van der Waals surface area contributed by atoms with E-state index in [-0.39, 0.29) is 18.4 Å². The number of rotatable bonds is 6. The maximum absolute atomic E-state index is 14.8. The van der Waals surface area contributed by atoms with Crippen LogP contribution in [-0.2, 0) is 11.3 Å². The van der Waals surface area contributed by atoms with E-state index in [4.69, 9.17) is 9.72 Å². The van der Waals surface area contributed by atoms with E-state index in [0.29, 0.717) is 49.3 Å². The fraction of sp³-hybridized carbons (Fsp3) is 0.480. The first-order valence-corrected chi connectivity index (χ1v) is 12.2. The maximum atomic E-state index is 14.8. The second-order valence-corrected chi connectivity index (χ2v) is 9.05. The molecule has 0 N–H and O–H groups in total. The normalized spacial score (nSPS) is 17.0. The van der Waals surface area contributed by atoms with Crippen LogP contribution in [0.15, 0.2) is 36.7 Å². The molecule has 1 amide bonds. The van der Waals surface area contributed by atoms with Gasteiger partial charge in [-0.15, -0.1) is 0 Å². The monoisotopic (exact) mass is 479 g/mol. The summed E-state index contributed by atoms with van der Waals surface area (Å²) in [4.78, 5) is 30.5. The third-order valence-electron chi connectivity index (χ3n) is 6.84. The summed E-state index contributed by atoms with van der Waals surface area (Å²) in [6.45, 7) is 2.61. The molecule has 9 nitrogen and oxygen atoms in total. The summed E-state index contributed by atoms with van der Waals surface area (Å²) < 4.78 is 21.6. The molecule has 1 aliphatic heterocycles. The fourth-order valence-corrected chi connectivity index (χ4v) is 4.89. The number of halogens is 1. The summed E-state index contributed by atoms with van der Waals surface area (Å²) in [7, 11) is 1.50. The number of anilines is 1. The molecule has 0 bridgehead atoms. The Balaban J connectivity index is 1.34. The summed E-state index contributed by atoms with van der Waals surface area (Å²) in [6, 6.07) is 6.44. The highest BCUT2D eigenvalue weighted by atomic mass is 19.1. The van der Waals surface area contributed by atoms with Crippen molar-refractivity contribution in [3.8, 4) is 17.1 Å². The van der Waals surface area contributed by atoms with Gasteiger partial charge in [-0.2, -0.15) is 5.10 Å². The summed E-state index contributed by atoms with van der Waals surface area (Å²) in [5.41, 5.74) is 0.311. The number of hydrogen-bond acceptors (Lipinski definition) is 7. The standard InChI is InChI=1S/C25H30FN7O2/c1-35-19-8-9-20(21(26)16-19)23-29-24(18-6-3-2-4-7-18)33(30-23)17-22(34)31-12-14-32(15-13-31)25-27-10-5-11-28-25/h5,8-11,16,18H,2-4,6-7,12-15,17H2,1H3. The zero-order chi connectivity index (χ0) is 24.2. The molecule has 35 heavy (non-hydrogen) atoms. The van der Waals surface area contributed by atoms with Gasteiger partial charge in [0.15, 0.2) is 5.82 Å². The van der Waals surface area contributed by atoms with Crippen molar-refractivity contribution >= 4 is 11.9 Å². The zero-order valence-corrected chi connectivity index (χ0v) is 19.9. The first kappa shape index (κ1) is 23.2. The Labute approximate surface area is 204 Å². The van der Waals surface area contributed by atoms with Crippen molar-refractivity contribution in [1.29, 1.82) is 0 Å². The zero-order valence-electron chi connectivity index (χ0n) is 19.9. The van der Waals surface area contributed by atoms with Crippen LogP contribution in [0.25, 0.3) is 11.4 Å². The number of aromatic nitrogens is 5. The van der Waals surface area contributed by atoms with Gasteiger partial charge in [0.05, 0.1) is 12.7 Å². The summed E-state index contributed by atoms with van der Waals surface area (Å²) in [6.07, 6.45) is 8.92. The lowest BCUT2D eigenvalue weighted by atomic mass is 9.88. The molecule has 10 heteroatoms. The van der Waals surface area contributed by atoms with Crippen molar-refractivity contribution in [2.45, 2.75) is 44.6 Å². The molecule has 1 aliphatic carbocycles. The smallest absolute Gasteiger partial charge is 0.244 e. The Bertz CT molecular complexity index is 1160. The number of piperazine rings is 1. The van der Waals surface area contributed by atoms with Gasteiger partial charge >= 0.3 is 0 Å². The van der Waals surface area contributed by atoms with E-state index in [1.807, 2.05) is 4.90 Å². The highest BCUT2D eigenvalue weighted by Crippen LogP contribution is 2.33. The molecular formula is C25H30FN7O2. The molecule has 1 saturated carbocycles. The van der Waals surface area contributed by atoms with Crippen molar-refractivity contribution in [3.63, 3.8) is 0 Å². The van der Waals surface area contributed by atoms with Crippen LogP contribution < -0.4 is 9.64 Å². The van der Waals surface area contributed by atoms with Gasteiger partial charge in [0.1, 0.15) is 23.9 Å². The Morgan fingerprint density at radius 3 is 2.51 bits per heavy atom. The van der Waals surface area contributed by atoms with Gasteiger partial charge < -0.3 is 14.5 Å². The number of hydrogen-bond donors (Lipinski definition) is 0. The first-order chi connectivity index (χ1) is 17.1. The largest absolute Gasteiger partial charge is 0.497 e. The molecule has 0 atom stereocenters. The minimum Gasteiger partial charge on any atom is -0.497 e. The van der Waals surface area contributed by atoms with Crippen LogP contribution in [0.3, 0.4) is 0 Å². The molecule has 1 aromatic carbocycles. The number of methoxy groups -OCH3 is 1. The van der Waals surface area contributed by atoms with Crippen LogP contribution in [0.1, 0.15) is 43.8 Å². The number of benzene rings is 1. The van der Waals surface area contributed by atoms with Crippen LogP contribution >= 0.6 is 0 Å². The Kier molecular flexibility index (Phi) is 6.87. The molecule has 3 aromatic rings. The third-order valence-corrected chi connectivity index (χ3v) is 6.84. The van der Waals surface area contributed by atoms with Crippen molar-refractivity contribution in [2.75, 3.05) is 38.2 Å². The molecule has 2 aliphatic rings. The molecule has 0 unspecified atom stereocenters. The molecule has 0 radical (unpaired) electrons.